The molecule has 0 bridgehead atoms. The highest BCUT2D eigenvalue weighted by molar-refractivity contribution is 8.00. The Hall–Kier alpha value is -3.24. The maximum absolute atomic E-state index is 13.9. The standard InChI is InChI=1S/C31H31Cl2F2N3O8S2/c1-36-8-9-43-26-7-5-20(11-24(26)36)48(41,42)38-17-47-16-25(38)30(39)45-28(12-21-22(32)13-37(40)14-23(21)33)19-4-6-27(46-31(34)35)29(10-19)44-15-18-2-3-18/h4-7,10-11,13-14,18,25,28,31H,2-3,8-9,12,15-17H2,1H3/t25-,28-/m0/s1. The zero-order chi connectivity index (χ0) is 34.2. The van der Waals surface area contributed by atoms with Crippen LogP contribution >= 0.6 is 35.0 Å². The molecule has 1 saturated heterocycles. The van der Waals surface area contributed by atoms with E-state index in [0.29, 0.717) is 40.8 Å². The monoisotopic (exact) mass is 745 g/mol. The van der Waals surface area contributed by atoms with E-state index in [1.165, 1.54) is 42.1 Å². The molecule has 0 radical (unpaired) electrons. The fourth-order valence-electron chi connectivity index (χ4n) is 5.36. The number of hydrogen-bond acceptors (Lipinski definition) is 10. The number of halogens is 4. The van der Waals surface area contributed by atoms with Crippen molar-refractivity contribution in [1.29, 1.82) is 0 Å². The van der Waals surface area contributed by atoms with Crippen LogP contribution in [0.25, 0.3) is 0 Å². The normalized spacial score (nSPS) is 18.7. The molecule has 3 aromatic rings. The van der Waals surface area contributed by atoms with Crippen molar-refractivity contribution in [3.05, 3.63) is 75.2 Å². The largest absolute Gasteiger partial charge is 0.619 e. The fourth-order valence-corrected chi connectivity index (χ4v) is 9.10. The molecule has 11 nitrogen and oxygen atoms in total. The second kappa shape index (κ2) is 14.3. The van der Waals surface area contributed by atoms with Crippen LogP contribution in [-0.2, 0) is 26.0 Å². The smallest absolute Gasteiger partial charge is 0.387 e. The Morgan fingerprint density at radius 1 is 1.15 bits per heavy atom. The predicted octanol–water partition coefficient (Wildman–Crippen LogP) is 5.44. The van der Waals surface area contributed by atoms with Crippen molar-refractivity contribution in [2.24, 2.45) is 5.92 Å². The first-order valence-electron chi connectivity index (χ1n) is 15.0. The molecule has 2 atom stereocenters. The SMILES string of the molecule is CN1CCOc2ccc(S(=O)(=O)N3CSC[C@H]3C(=O)O[C@@H](Cc3c(Cl)c[n+]([O-])cc3Cl)c3ccc(OC(F)F)c(OCC4CC4)c3)cc21. The zero-order valence-corrected chi connectivity index (χ0v) is 28.7. The number of carbonyl (C=O) groups is 1. The summed E-state index contributed by atoms with van der Waals surface area (Å²) in [4.78, 5) is 15.8. The van der Waals surface area contributed by atoms with Gasteiger partial charge >= 0.3 is 12.6 Å². The number of pyridine rings is 1. The molecular formula is C31H31Cl2F2N3O8S2. The van der Waals surface area contributed by atoms with E-state index in [-0.39, 0.29) is 56.7 Å². The van der Waals surface area contributed by atoms with Gasteiger partial charge in [0.05, 0.1) is 29.6 Å². The summed E-state index contributed by atoms with van der Waals surface area (Å²) in [6.07, 6.45) is 2.80. The van der Waals surface area contributed by atoms with Crippen LogP contribution in [0.1, 0.15) is 30.1 Å². The molecule has 3 aliphatic rings. The van der Waals surface area contributed by atoms with E-state index in [1.807, 2.05) is 11.9 Å². The van der Waals surface area contributed by atoms with Crippen molar-refractivity contribution < 1.29 is 45.7 Å². The lowest BCUT2D eigenvalue weighted by atomic mass is 10.0. The molecule has 2 fully saturated rings. The van der Waals surface area contributed by atoms with Gasteiger partial charge in [0, 0.05) is 24.8 Å². The number of ether oxygens (including phenoxy) is 4. The molecule has 1 aromatic heterocycles. The molecule has 258 valence electrons. The number of carbonyl (C=O) groups excluding carboxylic acids is 1. The first-order chi connectivity index (χ1) is 22.9. The number of thioether (sulfide) groups is 1. The van der Waals surface area contributed by atoms with Crippen LogP contribution < -0.4 is 23.8 Å². The molecular weight excluding hydrogens is 715 g/mol. The Kier molecular flexibility index (Phi) is 10.3. The van der Waals surface area contributed by atoms with Crippen LogP contribution in [0.4, 0.5) is 14.5 Å². The summed E-state index contributed by atoms with van der Waals surface area (Å²) >= 11 is 14.0. The molecule has 0 N–H and O–H groups in total. The van der Waals surface area contributed by atoms with E-state index >= 15 is 0 Å². The Balaban J connectivity index is 1.31. The average Bonchev–Trinajstić information content (AvgIpc) is 3.73. The van der Waals surface area contributed by atoms with Crippen LogP contribution in [0.5, 0.6) is 17.2 Å². The van der Waals surface area contributed by atoms with Crippen molar-refractivity contribution in [3.63, 3.8) is 0 Å². The number of aromatic nitrogens is 1. The Morgan fingerprint density at radius 3 is 2.60 bits per heavy atom. The summed E-state index contributed by atoms with van der Waals surface area (Å²) in [6.45, 7) is -1.77. The van der Waals surface area contributed by atoms with Crippen molar-refractivity contribution in [3.8, 4) is 17.2 Å². The van der Waals surface area contributed by atoms with Gasteiger partial charge in [-0.05, 0) is 54.7 Å². The minimum absolute atomic E-state index is 0.00314. The molecule has 6 rings (SSSR count). The molecule has 17 heteroatoms. The number of hydrogen-bond donors (Lipinski definition) is 0. The third-order valence-corrected chi connectivity index (χ3v) is 11.9. The molecule has 2 aliphatic heterocycles. The minimum Gasteiger partial charge on any atom is -0.619 e. The number of nitrogens with zero attached hydrogens (tertiary/aromatic N) is 3. The number of benzene rings is 2. The van der Waals surface area contributed by atoms with Gasteiger partial charge < -0.3 is 29.1 Å². The Morgan fingerprint density at radius 2 is 1.90 bits per heavy atom. The van der Waals surface area contributed by atoms with E-state index < -0.39 is 34.7 Å². The number of fused-ring (bicyclic) bond motifs is 1. The topological polar surface area (TPSA) is 122 Å². The number of anilines is 1. The number of sulfonamides is 1. The molecule has 48 heavy (non-hydrogen) atoms. The summed E-state index contributed by atoms with van der Waals surface area (Å²) in [7, 11) is -2.33. The number of rotatable bonds is 12. The molecule has 0 unspecified atom stereocenters. The van der Waals surface area contributed by atoms with Crippen molar-refractivity contribution in [1.82, 2.24) is 4.31 Å². The van der Waals surface area contributed by atoms with Crippen LogP contribution in [0.3, 0.4) is 0 Å². The minimum atomic E-state index is -4.16. The first kappa shape index (κ1) is 34.6. The highest BCUT2D eigenvalue weighted by Crippen LogP contribution is 2.40. The highest BCUT2D eigenvalue weighted by Gasteiger charge is 2.42. The summed E-state index contributed by atoms with van der Waals surface area (Å²) in [6, 6.07) is 7.50. The third kappa shape index (κ3) is 7.65. The first-order valence-corrected chi connectivity index (χ1v) is 18.3. The molecule has 2 aromatic carbocycles. The summed E-state index contributed by atoms with van der Waals surface area (Å²) in [5.41, 5.74) is 1.21. The summed E-state index contributed by atoms with van der Waals surface area (Å²) < 4.78 is 77.9. The predicted molar refractivity (Wildman–Crippen MR) is 175 cm³/mol. The van der Waals surface area contributed by atoms with Gasteiger partial charge in [0.2, 0.25) is 10.0 Å². The lowest BCUT2D eigenvalue weighted by Crippen LogP contribution is -2.43. The quantitative estimate of drug-likeness (QED) is 0.135. The van der Waals surface area contributed by atoms with E-state index in [2.05, 4.69) is 4.74 Å². The van der Waals surface area contributed by atoms with E-state index in [9.17, 15) is 27.2 Å². The molecule has 0 spiro atoms. The van der Waals surface area contributed by atoms with Gasteiger partial charge in [-0.2, -0.15) is 17.8 Å². The zero-order valence-electron chi connectivity index (χ0n) is 25.5. The number of alkyl halides is 2. The van der Waals surface area contributed by atoms with Crippen LogP contribution in [0.2, 0.25) is 10.0 Å². The maximum Gasteiger partial charge on any atom is 0.387 e. The van der Waals surface area contributed by atoms with Crippen molar-refractivity contribution in [2.45, 2.75) is 42.9 Å². The second-order valence-electron chi connectivity index (χ2n) is 11.6. The van der Waals surface area contributed by atoms with Gasteiger partial charge in [-0.25, -0.2) is 8.42 Å². The van der Waals surface area contributed by atoms with Gasteiger partial charge in [-0.1, -0.05) is 29.3 Å². The van der Waals surface area contributed by atoms with E-state index in [1.54, 1.807) is 6.07 Å². The van der Waals surface area contributed by atoms with Crippen LogP contribution in [0, 0.1) is 11.1 Å². The molecule has 1 aliphatic carbocycles. The van der Waals surface area contributed by atoms with Gasteiger partial charge in [-0.3, -0.25) is 4.79 Å². The van der Waals surface area contributed by atoms with Gasteiger partial charge in [-0.15, -0.1) is 11.8 Å². The Labute approximate surface area is 290 Å². The van der Waals surface area contributed by atoms with Gasteiger partial charge in [0.1, 0.15) is 34.5 Å². The van der Waals surface area contributed by atoms with Gasteiger partial charge in [0.25, 0.3) is 0 Å². The fraction of sp³-hybridized carbons (Fsp3) is 0.419. The summed E-state index contributed by atoms with van der Waals surface area (Å²) in [5, 5.41) is 11.9. The van der Waals surface area contributed by atoms with E-state index in [0.717, 1.165) is 29.5 Å². The van der Waals surface area contributed by atoms with Gasteiger partial charge in [0.15, 0.2) is 23.9 Å². The van der Waals surface area contributed by atoms with Crippen molar-refractivity contribution in [2.75, 3.05) is 43.3 Å². The number of likely N-dealkylation sites (N-methyl/N-ethyl adjacent to an activating group) is 1. The Bertz CT molecular complexity index is 1780. The maximum atomic E-state index is 13.9. The number of esters is 1. The lowest BCUT2D eigenvalue weighted by molar-refractivity contribution is -0.605. The van der Waals surface area contributed by atoms with E-state index in [4.69, 9.17) is 37.4 Å². The van der Waals surface area contributed by atoms with Crippen molar-refractivity contribution >= 4 is 56.6 Å². The highest BCUT2D eigenvalue weighted by atomic mass is 35.5. The third-order valence-electron chi connectivity index (χ3n) is 8.18. The molecule has 3 heterocycles. The molecule has 0 amide bonds. The second-order valence-corrected chi connectivity index (χ2v) is 15.3. The lowest BCUT2D eigenvalue weighted by Gasteiger charge is -2.29. The van der Waals surface area contributed by atoms with Crippen LogP contribution in [0.15, 0.2) is 53.7 Å². The average molecular weight is 747 g/mol. The molecule has 1 saturated carbocycles. The summed E-state index contributed by atoms with van der Waals surface area (Å²) in [5.74, 6) is -0.0456. The van der Waals surface area contributed by atoms with Crippen LogP contribution in [-0.4, -0.2) is 69.8 Å².